The van der Waals surface area contributed by atoms with Gasteiger partial charge < -0.3 is 9.32 Å². The standard InChI is InChI=1S/C17H16ClN3O4S3/c18-14-3-4-16(27-14)28(23,24)21-7-5-20(6-8-21)15(22)10-12-11-26-17(19-12)13-2-1-9-25-13/h1-4,9,11H,5-8,10H2. The number of thiophene rings is 1. The van der Waals surface area contributed by atoms with Crippen LogP contribution in [0.2, 0.25) is 4.34 Å². The molecule has 28 heavy (non-hydrogen) atoms. The van der Waals surface area contributed by atoms with Gasteiger partial charge in [0.15, 0.2) is 10.8 Å². The third kappa shape index (κ3) is 4.01. The fourth-order valence-electron chi connectivity index (χ4n) is 2.91. The predicted molar refractivity (Wildman–Crippen MR) is 108 cm³/mol. The van der Waals surface area contributed by atoms with Crippen molar-refractivity contribution >= 4 is 50.2 Å². The van der Waals surface area contributed by atoms with Gasteiger partial charge in [-0.3, -0.25) is 4.79 Å². The number of thiazole rings is 1. The molecule has 148 valence electrons. The highest BCUT2D eigenvalue weighted by molar-refractivity contribution is 7.91. The van der Waals surface area contributed by atoms with E-state index >= 15 is 0 Å². The number of hydrogen-bond acceptors (Lipinski definition) is 7. The van der Waals surface area contributed by atoms with Crippen LogP contribution in [0.4, 0.5) is 0 Å². The Morgan fingerprint density at radius 2 is 2.00 bits per heavy atom. The molecule has 0 unspecified atom stereocenters. The lowest BCUT2D eigenvalue weighted by atomic mass is 10.2. The summed E-state index contributed by atoms with van der Waals surface area (Å²) in [5, 5.41) is 2.58. The number of sulfonamides is 1. The molecule has 0 atom stereocenters. The molecule has 1 aliphatic heterocycles. The van der Waals surface area contributed by atoms with Crippen molar-refractivity contribution in [1.29, 1.82) is 0 Å². The van der Waals surface area contributed by atoms with Crippen LogP contribution >= 0.6 is 34.3 Å². The molecule has 0 bridgehead atoms. The molecule has 0 spiro atoms. The minimum Gasteiger partial charge on any atom is -0.462 e. The summed E-state index contributed by atoms with van der Waals surface area (Å²) in [6.45, 7) is 1.23. The molecular formula is C17H16ClN3O4S3. The van der Waals surface area contributed by atoms with E-state index in [-0.39, 0.29) is 29.6 Å². The molecule has 0 saturated carbocycles. The molecule has 0 aliphatic carbocycles. The van der Waals surface area contributed by atoms with Crippen molar-refractivity contribution in [3.8, 4) is 10.8 Å². The normalized spacial score (nSPS) is 15.8. The van der Waals surface area contributed by atoms with Gasteiger partial charge in [0.05, 0.1) is 22.7 Å². The SMILES string of the molecule is O=C(Cc1csc(-c2ccco2)n1)N1CCN(S(=O)(=O)c2ccc(Cl)s2)CC1. The largest absolute Gasteiger partial charge is 0.462 e. The van der Waals surface area contributed by atoms with Gasteiger partial charge in [-0.25, -0.2) is 13.4 Å². The fraction of sp³-hybridized carbons (Fsp3) is 0.294. The Morgan fingerprint density at radius 1 is 1.21 bits per heavy atom. The Balaban J connectivity index is 1.35. The Bertz CT molecular complexity index is 1070. The first-order valence-corrected chi connectivity index (χ1v) is 12.0. The number of amides is 1. The summed E-state index contributed by atoms with van der Waals surface area (Å²) in [4.78, 5) is 18.7. The first kappa shape index (κ1) is 19.6. The average Bonchev–Trinajstić information content (AvgIpc) is 3.43. The number of furan rings is 1. The maximum Gasteiger partial charge on any atom is 0.252 e. The highest BCUT2D eigenvalue weighted by Gasteiger charge is 2.31. The van der Waals surface area contributed by atoms with E-state index in [1.165, 1.54) is 21.7 Å². The number of aromatic nitrogens is 1. The molecule has 0 N–H and O–H groups in total. The molecule has 3 aromatic heterocycles. The van der Waals surface area contributed by atoms with Crippen molar-refractivity contribution in [3.05, 3.63) is 45.9 Å². The van der Waals surface area contributed by atoms with E-state index in [0.29, 0.717) is 28.9 Å². The summed E-state index contributed by atoms with van der Waals surface area (Å²) >= 11 is 8.32. The van der Waals surface area contributed by atoms with Gasteiger partial charge in [-0.1, -0.05) is 11.6 Å². The molecule has 1 amide bonds. The van der Waals surface area contributed by atoms with E-state index < -0.39 is 10.0 Å². The zero-order valence-electron chi connectivity index (χ0n) is 14.6. The van der Waals surface area contributed by atoms with Crippen molar-refractivity contribution in [2.45, 2.75) is 10.6 Å². The second-order valence-electron chi connectivity index (χ2n) is 6.14. The molecule has 4 rings (SSSR count). The van der Waals surface area contributed by atoms with Crippen molar-refractivity contribution in [1.82, 2.24) is 14.2 Å². The van der Waals surface area contributed by atoms with Crippen LogP contribution in [0.15, 0.2) is 44.5 Å². The third-order valence-electron chi connectivity index (χ3n) is 4.35. The lowest BCUT2D eigenvalue weighted by Crippen LogP contribution is -2.50. The van der Waals surface area contributed by atoms with Gasteiger partial charge in [0, 0.05) is 31.6 Å². The summed E-state index contributed by atoms with van der Waals surface area (Å²) in [6, 6.07) is 6.70. The van der Waals surface area contributed by atoms with Gasteiger partial charge >= 0.3 is 0 Å². The number of nitrogens with zero attached hydrogens (tertiary/aromatic N) is 3. The molecule has 4 heterocycles. The summed E-state index contributed by atoms with van der Waals surface area (Å²) < 4.78 is 32.7. The zero-order valence-corrected chi connectivity index (χ0v) is 17.8. The Labute approximate surface area is 175 Å². The number of halogens is 1. The zero-order chi connectivity index (χ0) is 19.7. The maximum absolute atomic E-state index is 12.6. The van der Waals surface area contributed by atoms with E-state index in [1.807, 2.05) is 11.4 Å². The van der Waals surface area contributed by atoms with Crippen LogP contribution in [-0.4, -0.2) is 54.7 Å². The molecule has 11 heteroatoms. The fourth-order valence-corrected chi connectivity index (χ4v) is 6.75. The van der Waals surface area contributed by atoms with Gasteiger partial charge in [0.1, 0.15) is 4.21 Å². The van der Waals surface area contributed by atoms with E-state index in [9.17, 15) is 13.2 Å². The van der Waals surface area contributed by atoms with Crippen molar-refractivity contribution in [3.63, 3.8) is 0 Å². The second-order valence-corrected chi connectivity index (χ2v) is 10.9. The quantitative estimate of drug-likeness (QED) is 0.587. The van der Waals surface area contributed by atoms with E-state index in [0.717, 1.165) is 16.3 Å². The molecule has 0 radical (unpaired) electrons. The Morgan fingerprint density at radius 3 is 2.64 bits per heavy atom. The molecule has 1 saturated heterocycles. The molecule has 1 aliphatic rings. The van der Waals surface area contributed by atoms with Crippen LogP contribution in [0, 0.1) is 0 Å². The monoisotopic (exact) mass is 457 g/mol. The minimum atomic E-state index is -3.56. The van der Waals surface area contributed by atoms with Crippen LogP contribution < -0.4 is 0 Å². The molecule has 0 aromatic carbocycles. The van der Waals surface area contributed by atoms with Gasteiger partial charge in [-0.15, -0.1) is 22.7 Å². The Kier molecular flexibility index (Phi) is 5.57. The summed E-state index contributed by atoms with van der Waals surface area (Å²) in [6.07, 6.45) is 1.77. The van der Waals surface area contributed by atoms with Gasteiger partial charge in [0.25, 0.3) is 10.0 Å². The first-order valence-electron chi connectivity index (χ1n) is 8.45. The minimum absolute atomic E-state index is 0.0625. The van der Waals surface area contributed by atoms with Crippen molar-refractivity contribution in [2.24, 2.45) is 0 Å². The topological polar surface area (TPSA) is 83.7 Å². The van der Waals surface area contributed by atoms with E-state index in [2.05, 4.69) is 4.98 Å². The number of rotatable bonds is 5. The van der Waals surface area contributed by atoms with Crippen LogP contribution in [0.25, 0.3) is 10.8 Å². The number of piperazine rings is 1. The second kappa shape index (κ2) is 7.96. The Hall–Kier alpha value is -1.72. The lowest BCUT2D eigenvalue weighted by molar-refractivity contribution is -0.131. The summed E-state index contributed by atoms with van der Waals surface area (Å²) in [5.41, 5.74) is 0.685. The number of carbonyl (C=O) groups is 1. The van der Waals surface area contributed by atoms with Crippen molar-refractivity contribution in [2.75, 3.05) is 26.2 Å². The van der Waals surface area contributed by atoms with Crippen LogP contribution in [0.1, 0.15) is 5.69 Å². The van der Waals surface area contributed by atoms with Crippen LogP contribution in [0.3, 0.4) is 0 Å². The average molecular weight is 458 g/mol. The predicted octanol–water partition coefficient (Wildman–Crippen LogP) is 3.19. The summed E-state index contributed by atoms with van der Waals surface area (Å²) in [7, 11) is -3.56. The molecule has 3 aromatic rings. The van der Waals surface area contributed by atoms with Gasteiger partial charge in [-0.2, -0.15) is 4.31 Å². The van der Waals surface area contributed by atoms with E-state index in [4.69, 9.17) is 16.0 Å². The van der Waals surface area contributed by atoms with Gasteiger partial charge in [-0.05, 0) is 24.3 Å². The highest BCUT2D eigenvalue weighted by Crippen LogP contribution is 2.29. The highest BCUT2D eigenvalue weighted by atomic mass is 35.5. The van der Waals surface area contributed by atoms with Crippen LogP contribution in [0.5, 0.6) is 0 Å². The number of carbonyl (C=O) groups excluding carboxylic acids is 1. The third-order valence-corrected chi connectivity index (χ3v) is 8.85. The number of hydrogen-bond donors (Lipinski definition) is 0. The molecule has 1 fully saturated rings. The van der Waals surface area contributed by atoms with Crippen LogP contribution in [-0.2, 0) is 21.2 Å². The molecule has 7 nitrogen and oxygen atoms in total. The molecular weight excluding hydrogens is 442 g/mol. The summed E-state index contributed by atoms with van der Waals surface area (Å²) in [5.74, 6) is 0.615. The lowest BCUT2D eigenvalue weighted by Gasteiger charge is -2.33. The maximum atomic E-state index is 12.6. The smallest absolute Gasteiger partial charge is 0.252 e. The van der Waals surface area contributed by atoms with E-state index in [1.54, 1.807) is 23.3 Å². The van der Waals surface area contributed by atoms with Crippen molar-refractivity contribution < 1.29 is 17.6 Å². The van der Waals surface area contributed by atoms with Gasteiger partial charge in [0.2, 0.25) is 5.91 Å². The first-order chi connectivity index (χ1) is 13.4.